The normalized spacial score (nSPS) is 10.9. The van der Waals surface area contributed by atoms with Crippen LogP contribution in [0.2, 0.25) is 10.0 Å². The summed E-state index contributed by atoms with van der Waals surface area (Å²) in [4.78, 5) is 11.9. The van der Waals surface area contributed by atoms with Crippen molar-refractivity contribution >= 4 is 40.9 Å². The van der Waals surface area contributed by atoms with Gasteiger partial charge in [-0.2, -0.15) is 0 Å². The minimum atomic E-state index is -0.190. The lowest BCUT2D eigenvalue weighted by Gasteiger charge is -2.04. The molecule has 2 rings (SSSR count). The van der Waals surface area contributed by atoms with E-state index in [0.29, 0.717) is 10.0 Å². The van der Waals surface area contributed by atoms with Gasteiger partial charge in [0, 0.05) is 21.8 Å². The maximum Gasteiger partial charge on any atom is 0.248 e. The summed E-state index contributed by atoms with van der Waals surface area (Å²) >= 11 is 11.9. The number of rotatable bonds is 3. The maximum absolute atomic E-state index is 11.9. The molecule has 108 valence electrons. The summed E-state index contributed by atoms with van der Waals surface area (Å²) in [5.41, 5.74) is 3.55. The van der Waals surface area contributed by atoms with Crippen molar-refractivity contribution in [2.75, 3.05) is 5.32 Å². The van der Waals surface area contributed by atoms with Gasteiger partial charge in [0.05, 0.1) is 0 Å². The minimum absolute atomic E-state index is 0.190. The van der Waals surface area contributed by atoms with Gasteiger partial charge < -0.3 is 5.32 Å². The average Bonchev–Trinajstić information content (AvgIpc) is 2.44. The molecule has 0 aliphatic carbocycles. The number of carbonyl (C=O) groups is 1. The van der Waals surface area contributed by atoms with Gasteiger partial charge in [-0.3, -0.25) is 4.79 Å². The molecular weight excluding hydrogens is 305 g/mol. The van der Waals surface area contributed by atoms with E-state index in [1.807, 2.05) is 38.1 Å². The zero-order valence-electron chi connectivity index (χ0n) is 11.8. The van der Waals surface area contributed by atoms with E-state index in [0.717, 1.165) is 22.4 Å². The van der Waals surface area contributed by atoms with Gasteiger partial charge in [0.2, 0.25) is 5.91 Å². The lowest BCUT2D eigenvalue weighted by atomic mass is 10.1. The Morgan fingerprint density at radius 2 is 1.62 bits per heavy atom. The third-order valence-electron chi connectivity index (χ3n) is 3.03. The highest BCUT2D eigenvalue weighted by molar-refractivity contribution is 6.31. The van der Waals surface area contributed by atoms with Crippen LogP contribution in [0.15, 0.2) is 42.5 Å². The predicted molar refractivity (Wildman–Crippen MR) is 90.0 cm³/mol. The first-order valence-corrected chi connectivity index (χ1v) is 7.22. The fraction of sp³-hybridized carbons (Fsp3) is 0.118. The first kappa shape index (κ1) is 15.6. The van der Waals surface area contributed by atoms with Crippen LogP contribution in [-0.2, 0) is 4.79 Å². The van der Waals surface area contributed by atoms with Crippen LogP contribution in [-0.4, -0.2) is 5.91 Å². The molecule has 0 bridgehead atoms. The highest BCUT2D eigenvalue weighted by Gasteiger charge is 2.01. The third kappa shape index (κ3) is 4.35. The van der Waals surface area contributed by atoms with Crippen LogP contribution in [0.5, 0.6) is 0 Å². The molecular formula is C17H15Cl2NO. The number of halogens is 2. The number of nitrogens with one attached hydrogen (secondary N) is 1. The summed E-state index contributed by atoms with van der Waals surface area (Å²) in [6.07, 6.45) is 3.24. The van der Waals surface area contributed by atoms with Gasteiger partial charge in [0.1, 0.15) is 0 Å². The van der Waals surface area contributed by atoms with Crippen molar-refractivity contribution < 1.29 is 4.79 Å². The van der Waals surface area contributed by atoms with Crippen LogP contribution in [0.1, 0.15) is 16.7 Å². The largest absolute Gasteiger partial charge is 0.323 e. The monoisotopic (exact) mass is 319 g/mol. The maximum atomic E-state index is 11.9. The van der Waals surface area contributed by atoms with Crippen molar-refractivity contribution in [2.45, 2.75) is 13.8 Å². The molecule has 1 N–H and O–H groups in total. The van der Waals surface area contributed by atoms with E-state index in [1.54, 1.807) is 18.2 Å². The Bertz CT molecular complexity index is 708. The van der Waals surface area contributed by atoms with Crippen molar-refractivity contribution in [3.05, 3.63) is 69.2 Å². The van der Waals surface area contributed by atoms with Crippen LogP contribution in [0.4, 0.5) is 5.69 Å². The summed E-state index contributed by atoms with van der Waals surface area (Å²) < 4.78 is 0. The van der Waals surface area contributed by atoms with E-state index in [-0.39, 0.29) is 5.91 Å². The number of amides is 1. The second-order valence-electron chi connectivity index (χ2n) is 4.80. The molecule has 0 heterocycles. The fourth-order valence-electron chi connectivity index (χ4n) is 1.85. The van der Waals surface area contributed by atoms with Crippen LogP contribution in [0.25, 0.3) is 6.08 Å². The van der Waals surface area contributed by atoms with E-state index in [1.165, 1.54) is 6.08 Å². The van der Waals surface area contributed by atoms with Crippen molar-refractivity contribution in [2.24, 2.45) is 0 Å². The number of benzene rings is 2. The molecule has 0 saturated carbocycles. The highest BCUT2D eigenvalue weighted by Crippen LogP contribution is 2.20. The second kappa shape index (κ2) is 6.79. The van der Waals surface area contributed by atoms with E-state index in [2.05, 4.69) is 5.32 Å². The first-order chi connectivity index (χ1) is 9.95. The Labute approximate surface area is 134 Å². The predicted octanol–water partition coefficient (Wildman–Crippen LogP) is 5.26. The molecule has 0 atom stereocenters. The molecule has 0 aromatic heterocycles. The standard InChI is InChI=1S/C17H15Cl2NO/c1-11-9-13(3-6-15(11)18)4-8-17(21)20-14-5-7-16(19)12(2)10-14/h3-10H,1-2H3,(H,20,21)/b8-4+. The molecule has 0 radical (unpaired) electrons. The Hall–Kier alpha value is -1.77. The smallest absolute Gasteiger partial charge is 0.248 e. The van der Waals surface area contributed by atoms with Crippen molar-refractivity contribution in [1.29, 1.82) is 0 Å². The van der Waals surface area contributed by atoms with Crippen LogP contribution < -0.4 is 5.32 Å². The van der Waals surface area contributed by atoms with Gasteiger partial charge in [-0.15, -0.1) is 0 Å². The summed E-state index contributed by atoms with van der Waals surface area (Å²) in [7, 11) is 0. The van der Waals surface area contributed by atoms with Gasteiger partial charge >= 0.3 is 0 Å². The third-order valence-corrected chi connectivity index (χ3v) is 3.88. The molecule has 0 unspecified atom stereocenters. The molecule has 21 heavy (non-hydrogen) atoms. The molecule has 0 saturated heterocycles. The summed E-state index contributed by atoms with van der Waals surface area (Å²) in [5, 5.41) is 4.19. The van der Waals surface area contributed by atoms with Crippen molar-refractivity contribution in [1.82, 2.24) is 0 Å². The molecule has 0 aliphatic rings. The number of carbonyl (C=O) groups excluding carboxylic acids is 1. The molecule has 1 amide bonds. The molecule has 0 fully saturated rings. The molecule has 4 heteroatoms. The zero-order chi connectivity index (χ0) is 15.4. The molecule has 0 spiro atoms. The Morgan fingerprint density at radius 1 is 1.00 bits per heavy atom. The molecule has 2 aromatic rings. The number of hydrogen-bond acceptors (Lipinski definition) is 1. The van der Waals surface area contributed by atoms with Crippen LogP contribution in [0, 0.1) is 13.8 Å². The molecule has 0 aliphatic heterocycles. The minimum Gasteiger partial charge on any atom is -0.323 e. The summed E-state index contributed by atoms with van der Waals surface area (Å²) in [6, 6.07) is 11.0. The highest BCUT2D eigenvalue weighted by atomic mass is 35.5. The number of hydrogen-bond donors (Lipinski definition) is 1. The van der Waals surface area contributed by atoms with Crippen LogP contribution >= 0.6 is 23.2 Å². The first-order valence-electron chi connectivity index (χ1n) is 6.47. The van der Waals surface area contributed by atoms with E-state index in [9.17, 15) is 4.79 Å². The van der Waals surface area contributed by atoms with E-state index < -0.39 is 0 Å². The molecule has 2 nitrogen and oxygen atoms in total. The zero-order valence-corrected chi connectivity index (χ0v) is 13.3. The van der Waals surface area contributed by atoms with Gasteiger partial charge in [0.25, 0.3) is 0 Å². The summed E-state index contributed by atoms with van der Waals surface area (Å²) in [6.45, 7) is 3.82. The fourth-order valence-corrected chi connectivity index (χ4v) is 2.08. The van der Waals surface area contributed by atoms with Gasteiger partial charge in [-0.25, -0.2) is 0 Å². The van der Waals surface area contributed by atoms with Crippen molar-refractivity contribution in [3.8, 4) is 0 Å². The summed E-state index contributed by atoms with van der Waals surface area (Å²) in [5.74, 6) is -0.190. The van der Waals surface area contributed by atoms with Crippen LogP contribution in [0.3, 0.4) is 0 Å². The van der Waals surface area contributed by atoms with Gasteiger partial charge in [-0.05, 0) is 60.9 Å². The lowest BCUT2D eigenvalue weighted by Crippen LogP contribution is -2.07. The number of anilines is 1. The van der Waals surface area contributed by atoms with Crippen molar-refractivity contribution in [3.63, 3.8) is 0 Å². The topological polar surface area (TPSA) is 29.1 Å². The SMILES string of the molecule is Cc1cc(/C=C/C(=O)Nc2ccc(Cl)c(C)c2)ccc1Cl. The van der Waals surface area contributed by atoms with E-state index >= 15 is 0 Å². The average molecular weight is 320 g/mol. The quantitative estimate of drug-likeness (QED) is 0.768. The Balaban J connectivity index is 2.05. The Morgan fingerprint density at radius 3 is 2.24 bits per heavy atom. The number of aryl methyl sites for hydroxylation is 2. The van der Waals surface area contributed by atoms with Gasteiger partial charge in [0.15, 0.2) is 0 Å². The lowest BCUT2D eigenvalue weighted by molar-refractivity contribution is -0.111. The molecule has 2 aromatic carbocycles. The second-order valence-corrected chi connectivity index (χ2v) is 5.61. The van der Waals surface area contributed by atoms with E-state index in [4.69, 9.17) is 23.2 Å². The Kier molecular flexibility index (Phi) is 5.05. The van der Waals surface area contributed by atoms with Gasteiger partial charge in [-0.1, -0.05) is 35.3 Å².